The van der Waals surface area contributed by atoms with Crippen LogP contribution in [0.1, 0.15) is 64.2 Å². The van der Waals surface area contributed by atoms with Gasteiger partial charge >= 0.3 is 0 Å². The van der Waals surface area contributed by atoms with Crippen LogP contribution in [0, 0.1) is 5.92 Å². The number of halogens is 1. The van der Waals surface area contributed by atoms with Crippen LogP contribution in [-0.2, 0) is 4.74 Å². The van der Waals surface area contributed by atoms with E-state index in [4.69, 9.17) is 10.6 Å². The number of hydrazine groups is 1. The van der Waals surface area contributed by atoms with Crippen molar-refractivity contribution in [2.24, 2.45) is 11.8 Å². The molecule has 0 amide bonds. The Morgan fingerprint density at radius 2 is 2.10 bits per heavy atom. The molecule has 0 saturated heterocycles. The van der Waals surface area contributed by atoms with Gasteiger partial charge in [-0.1, -0.05) is 6.92 Å². The third-order valence-corrected chi connectivity index (χ3v) is 5.38. The van der Waals surface area contributed by atoms with Gasteiger partial charge in [-0.3, -0.25) is 10.5 Å². The fourth-order valence-electron chi connectivity index (χ4n) is 3.37. The first-order chi connectivity index (χ1) is 9.95. The van der Waals surface area contributed by atoms with E-state index < -0.39 is 0 Å². The van der Waals surface area contributed by atoms with Crippen molar-refractivity contribution < 1.29 is 4.74 Å². The van der Waals surface area contributed by atoms with Gasteiger partial charge in [0.05, 0.1) is 28.0 Å². The van der Waals surface area contributed by atoms with Gasteiger partial charge in [0, 0.05) is 13.2 Å². The SMILES string of the molecule is COC1(C(NN)c2c(Br)cnn2C(C)C)CCC(C)CC1. The topological polar surface area (TPSA) is 65.1 Å². The summed E-state index contributed by atoms with van der Waals surface area (Å²) in [6.07, 6.45) is 6.19. The lowest BCUT2D eigenvalue weighted by Crippen LogP contribution is -2.50. The minimum Gasteiger partial charge on any atom is -0.376 e. The Morgan fingerprint density at radius 3 is 2.57 bits per heavy atom. The van der Waals surface area contributed by atoms with E-state index >= 15 is 0 Å². The molecule has 1 heterocycles. The maximum atomic E-state index is 5.99. The Labute approximate surface area is 135 Å². The lowest BCUT2D eigenvalue weighted by molar-refractivity contribution is -0.0783. The van der Waals surface area contributed by atoms with Crippen molar-refractivity contribution >= 4 is 15.9 Å². The lowest BCUT2D eigenvalue weighted by Gasteiger charge is -2.44. The number of nitrogens with zero attached hydrogens (tertiary/aromatic N) is 2. The van der Waals surface area contributed by atoms with Gasteiger partial charge in [-0.05, 0) is 61.4 Å². The van der Waals surface area contributed by atoms with Crippen LogP contribution < -0.4 is 11.3 Å². The van der Waals surface area contributed by atoms with E-state index in [1.165, 1.54) is 12.8 Å². The number of nitrogens with one attached hydrogen (secondary N) is 1. The third-order valence-electron chi connectivity index (χ3n) is 4.77. The molecule has 1 aliphatic rings. The van der Waals surface area contributed by atoms with E-state index in [9.17, 15) is 0 Å². The molecule has 0 radical (unpaired) electrons. The zero-order chi connectivity index (χ0) is 15.6. The quantitative estimate of drug-likeness (QED) is 0.625. The molecule has 1 aliphatic carbocycles. The van der Waals surface area contributed by atoms with Crippen LogP contribution in [0.25, 0.3) is 0 Å². The largest absolute Gasteiger partial charge is 0.376 e. The number of rotatable bonds is 5. The molecule has 1 aromatic heterocycles. The minimum atomic E-state index is -0.267. The van der Waals surface area contributed by atoms with Gasteiger partial charge in [0.1, 0.15) is 0 Å². The zero-order valence-electron chi connectivity index (χ0n) is 13.4. The van der Waals surface area contributed by atoms with E-state index in [1.54, 1.807) is 7.11 Å². The highest BCUT2D eigenvalue weighted by Gasteiger charge is 2.44. The van der Waals surface area contributed by atoms with Crippen LogP contribution in [0.3, 0.4) is 0 Å². The molecule has 120 valence electrons. The standard InChI is InChI=1S/C15H27BrN4O/c1-10(2)20-13(12(16)9-18-20)14(19-17)15(21-4)7-5-11(3)6-8-15/h9-11,14,19H,5-8,17H2,1-4H3. The maximum absolute atomic E-state index is 5.99. The van der Waals surface area contributed by atoms with Crippen LogP contribution >= 0.6 is 15.9 Å². The summed E-state index contributed by atoms with van der Waals surface area (Å²) in [6.45, 7) is 6.55. The Balaban J connectivity index is 2.40. The normalized spacial score (nSPS) is 28.0. The molecule has 3 N–H and O–H groups in total. The number of methoxy groups -OCH3 is 1. The van der Waals surface area contributed by atoms with Gasteiger partial charge in [0.15, 0.2) is 0 Å². The predicted molar refractivity (Wildman–Crippen MR) is 87.7 cm³/mol. The zero-order valence-corrected chi connectivity index (χ0v) is 15.0. The molecule has 0 aliphatic heterocycles. The summed E-state index contributed by atoms with van der Waals surface area (Å²) in [5.41, 5.74) is 3.81. The van der Waals surface area contributed by atoms with Gasteiger partial charge in [-0.15, -0.1) is 0 Å². The van der Waals surface area contributed by atoms with Crippen LogP contribution in [0.2, 0.25) is 0 Å². The van der Waals surface area contributed by atoms with Gasteiger partial charge in [0.25, 0.3) is 0 Å². The molecule has 5 nitrogen and oxygen atoms in total. The maximum Gasteiger partial charge on any atom is 0.0929 e. The van der Waals surface area contributed by atoms with Gasteiger partial charge < -0.3 is 4.74 Å². The Hall–Kier alpha value is -0.430. The first-order valence-electron chi connectivity index (χ1n) is 7.69. The molecular formula is C15H27BrN4O. The molecule has 0 spiro atoms. The number of ether oxygens (including phenoxy) is 1. The van der Waals surface area contributed by atoms with Crippen molar-refractivity contribution in [1.29, 1.82) is 0 Å². The van der Waals surface area contributed by atoms with Crippen LogP contribution in [-0.4, -0.2) is 22.5 Å². The van der Waals surface area contributed by atoms with Crippen molar-refractivity contribution in [3.8, 4) is 0 Å². The van der Waals surface area contributed by atoms with Crippen molar-refractivity contribution in [2.75, 3.05) is 7.11 Å². The lowest BCUT2D eigenvalue weighted by atomic mass is 9.74. The van der Waals surface area contributed by atoms with Crippen molar-refractivity contribution in [2.45, 2.75) is 64.1 Å². The summed E-state index contributed by atoms with van der Waals surface area (Å²) in [5.74, 6) is 6.69. The Bertz CT molecular complexity index is 466. The number of aromatic nitrogens is 2. The second-order valence-electron chi connectivity index (χ2n) is 6.47. The van der Waals surface area contributed by atoms with Crippen LogP contribution in [0.4, 0.5) is 0 Å². The molecule has 0 aromatic carbocycles. The second kappa shape index (κ2) is 6.77. The summed E-state index contributed by atoms with van der Waals surface area (Å²) in [6, 6.07) is 0.202. The molecule has 21 heavy (non-hydrogen) atoms. The highest BCUT2D eigenvalue weighted by Crippen LogP contribution is 2.44. The Kier molecular flexibility index (Phi) is 5.46. The molecule has 1 fully saturated rings. The molecule has 6 heteroatoms. The number of hydrogen-bond donors (Lipinski definition) is 2. The van der Waals surface area contributed by atoms with Crippen LogP contribution in [0.5, 0.6) is 0 Å². The molecule has 2 rings (SSSR count). The van der Waals surface area contributed by atoms with Crippen LogP contribution in [0.15, 0.2) is 10.7 Å². The van der Waals surface area contributed by atoms with E-state index in [0.29, 0.717) is 0 Å². The summed E-state index contributed by atoms with van der Waals surface area (Å²) in [5, 5.41) is 4.48. The predicted octanol–water partition coefficient (Wildman–Crippen LogP) is 3.33. The summed E-state index contributed by atoms with van der Waals surface area (Å²) < 4.78 is 8.99. The van der Waals surface area contributed by atoms with E-state index in [-0.39, 0.29) is 17.7 Å². The highest BCUT2D eigenvalue weighted by molar-refractivity contribution is 9.10. The smallest absolute Gasteiger partial charge is 0.0929 e. The van der Waals surface area contributed by atoms with E-state index in [2.05, 4.69) is 47.2 Å². The molecule has 1 unspecified atom stereocenters. The van der Waals surface area contributed by atoms with Gasteiger partial charge in [-0.25, -0.2) is 5.43 Å². The molecular weight excluding hydrogens is 332 g/mol. The molecule has 1 saturated carbocycles. The second-order valence-corrected chi connectivity index (χ2v) is 7.32. The number of nitrogens with two attached hydrogens (primary N) is 1. The average Bonchev–Trinajstić information content (AvgIpc) is 2.84. The average molecular weight is 359 g/mol. The summed E-state index contributed by atoms with van der Waals surface area (Å²) >= 11 is 3.62. The van der Waals surface area contributed by atoms with E-state index in [0.717, 1.165) is 28.9 Å². The summed E-state index contributed by atoms with van der Waals surface area (Å²) in [7, 11) is 1.80. The van der Waals surface area contributed by atoms with E-state index in [1.807, 2.05) is 10.9 Å². The summed E-state index contributed by atoms with van der Waals surface area (Å²) in [4.78, 5) is 0. The third kappa shape index (κ3) is 3.18. The Morgan fingerprint density at radius 1 is 1.48 bits per heavy atom. The fourth-order valence-corrected chi connectivity index (χ4v) is 3.88. The van der Waals surface area contributed by atoms with Crippen molar-refractivity contribution in [3.05, 3.63) is 16.4 Å². The fraction of sp³-hybridized carbons (Fsp3) is 0.800. The first-order valence-corrected chi connectivity index (χ1v) is 8.48. The highest BCUT2D eigenvalue weighted by atomic mass is 79.9. The van der Waals surface area contributed by atoms with Crippen molar-refractivity contribution in [1.82, 2.24) is 15.2 Å². The molecule has 1 aromatic rings. The monoisotopic (exact) mass is 358 g/mol. The van der Waals surface area contributed by atoms with Gasteiger partial charge in [0.2, 0.25) is 0 Å². The van der Waals surface area contributed by atoms with Gasteiger partial charge in [-0.2, -0.15) is 5.10 Å². The minimum absolute atomic E-state index is 0.0747. The first kappa shape index (κ1) is 16.9. The molecule has 0 bridgehead atoms. The molecule has 1 atom stereocenters. The number of hydrogen-bond acceptors (Lipinski definition) is 4. The van der Waals surface area contributed by atoms with Crippen molar-refractivity contribution in [3.63, 3.8) is 0 Å².